The second kappa shape index (κ2) is 11.8. The van der Waals surface area contributed by atoms with Crippen molar-refractivity contribution in [2.24, 2.45) is 0 Å². The van der Waals surface area contributed by atoms with Crippen molar-refractivity contribution in [3.63, 3.8) is 0 Å². The Balaban J connectivity index is 1.82. The van der Waals surface area contributed by atoms with E-state index in [9.17, 15) is 13.2 Å². The van der Waals surface area contributed by atoms with E-state index in [0.29, 0.717) is 29.2 Å². The average Bonchev–Trinajstić information content (AvgIpc) is 3.28. The van der Waals surface area contributed by atoms with Gasteiger partial charge in [-0.15, -0.1) is 11.3 Å². The van der Waals surface area contributed by atoms with Gasteiger partial charge in [-0.05, 0) is 71.0 Å². The predicted molar refractivity (Wildman–Crippen MR) is 134 cm³/mol. The van der Waals surface area contributed by atoms with E-state index in [0.717, 1.165) is 11.9 Å². The Bertz CT molecular complexity index is 1070. The van der Waals surface area contributed by atoms with Crippen LogP contribution in [0, 0.1) is 17.5 Å². The maximum absolute atomic E-state index is 14.9. The maximum atomic E-state index is 14.9. The highest BCUT2D eigenvalue weighted by atomic mass is 32.2. The molecule has 0 unspecified atom stereocenters. The zero-order valence-corrected chi connectivity index (χ0v) is 21.4. The van der Waals surface area contributed by atoms with Crippen LogP contribution in [0.5, 0.6) is 5.75 Å². The van der Waals surface area contributed by atoms with Gasteiger partial charge in [0.2, 0.25) is 0 Å². The summed E-state index contributed by atoms with van der Waals surface area (Å²) in [4.78, 5) is 5.93. The van der Waals surface area contributed by atoms with Crippen LogP contribution >= 0.6 is 23.3 Å². The molecule has 1 aromatic heterocycles. The van der Waals surface area contributed by atoms with Crippen LogP contribution in [0.2, 0.25) is 0 Å². The summed E-state index contributed by atoms with van der Waals surface area (Å²) in [6.45, 7) is 8.43. The zero-order valence-electron chi connectivity index (χ0n) is 19.8. The molecule has 3 rings (SSSR count). The Labute approximate surface area is 206 Å². The fourth-order valence-electron chi connectivity index (χ4n) is 3.12. The number of hydrogen-bond acceptors (Lipinski definition) is 7. The fourth-order valence-corrected chi connectivity index (χ4v) is 4.31. The number of anilines is 2. The van der Waals surface area contributed by atoms with Crippen LogP contribution in [0.25, 0.3) is 0 Å². The van der Waals surface area contributed by atoms with Crippen molar-refractivity contribution < 1.29 is 17.9 Å². The second-order valence-corrected chi connectivity index (χ2v) is 9.91. The molecule has 0 spiro atoms. The Hall–Kier alpha value is -2.43. The Morgan fingerprint density at radius 2 is 1.76 bits per heavy atom. The molecule has 0 aliphatic carbocycles. The van der Waals surface area contributed by atoms with Crippen LogP contribution in [-0.4, -0.2) is 29.1 Å². The molecule has 34 heavy (non-hydrogen) atoms. The third-order valence-electron chi connectivity index (χ3n) is 5.14. The third-order valence-corrected chi connectivity index (χ3v) is 6.63. The van der Waals surface area contributed by atoms with Crippen molar-refractivity contribution >= 4 is 34.8 Å². The van der Waals surface area contributed by atoms with Gasteiger partial charge in [-0.25, -0.2) is 18.2 Å². The molecule has 1 heterocycles. The summed E-state index contributed by atoms with van der Waals surface area (Å²) in [5.41, 5.74) is 2.94. The van der Waals surface area contributed by atoms with Gasteiger partial charge in [0.15, 0.2) is 0 Å². The Morgan fingerprint density at radius 3 is 2.35 bits per heavy atom. The number of benzene rings is 2. The van der Waals surface area contributed by atoms with E-state index in [1.54, 1.807) is 17.0 Å². The van der Waals surface area contributed by atoms with Crippen LogP contribution in [0.4, 0.5) is 24.7 Å². The Morgan fingerprint density at radius 1 is 1.06 bits per heavy atom. The van der Waals surface area contributed by atoms with Gasteiger partial charge in [0, 0.05) is 41.3 Å². The average molecular weight is 511 g/mol. The molecule has 0 radical (unpaired) electrons. The topological polar surface area (TPSA) is 49.4 Å². The molecular weight excluding hydrogens is 481 g/mol. The van der Waals surface area contributed by atoms with Gasteiger partial charge in [-0.2, -0.15) is 0 Å². The minimum Gasteiger partial charge on any atom is -0.491 e. The molecule has 10 heteroatoms. The highest BCUT2D eigenvalue weighted by molar-refractivity contribution is 8.00. The standard InChI is InChI=1S/C24H29F3N4OS2/c1-14(2)31(5)11-18-17(19(25)6-7-22(18)32-15(3)4)10-28-16-8-20(26)24(21(27)9-16)34-30-23-12-33-13-29-23/h6-9,12-15,28,30H,10-11H2,1-5H3. The maximum Gasteiger partial charge on any atom is 0.147 e. The summed E-state index contributed by atoms with van der Waals surface area (Å²) >= 11 is 2.19. The van der Waals surface area contributed by atoms with Crippen molar-refractivity contribution in [1.82, 2.24) is 9.88 Å². The lowest BCUT2D eigenvalue weighted by Crippen LogP contribution is -2.27. The second-order valence-electron chi connectivity index (χ2n) is 8.38. The molecule has 2 aromatic carbocycles. The lowest BCUT2D eigenvalue weighted by atomic mass is 10.0. The molecule has 184 valence electrons. The van der Waals surface area contributed by atoms with Crippen molar-refractivity contribution in [3.05, 3.63) is 63.7 Å². The number of ether oxygens (including phenoxy) is 1. The molecule has 0 amide bonds. The van der Waals surface area contributed by atoms with Crippen LogP contribution in [0.15, 0.2) is 40.1 Å². The van der Waals surface area contributed by atoms with Crippen molar-refractivity contribution in [3.8, 4) is 5.75 Å². The molecule has 0 bridgehead atoms. The largest absolute Gasteiger partial charge is 0.491 e. The first-order chi connectivity index (χ1) is 16.2. The molecule has 2 N–H and O–H groups in total. The van der Waals surface area contributed by atoms with Gasteiger partial charge in [-0.1, -0.05) is 0 Å². The summed E-state index contributed by atoms with van der Waals surface area (Å²) in [5.74, 6) is -0.747. The van der Waals surface area contributed by atoms with Gasteiger partial charge >= 0.3 is 0 Å². The zero-order chi connectivity index (χ0) is 24.8. The van der Waals surface area contributed by atoms with E-state index in [1.807, 2.05) is 20.9 Å². The summed E-state index contributed by atoms with van der Waals surface area (Å²) in [7, 11) is 1.95. The van der Waals surface area contributed by atoms with E-state index in [2.05, 4.69) is 33.8 Å². The first-order valence-corrected chi connectivity index (χ1v) is 12.6. The highest BCUT2D eigenvalue weighted by Crippen LogP contribution is 2.31. The summed E-state index contributed by atoms with van der Waals surface area (Å²) in [6.07, 6.45) is -0.0829. The number of halogens is 3. The highest BCUT2D eigenvalue weighted by Gasteiger charge is 2.19. The van der Waals surface area contributed by atoms with Gasteiger partial charge in [0.25, 0.3) is 0 Å². The van der Waals surface area contributed by atoms with E-state index < -0.39 is 17.5 Å². The van der Waals surface area contributed by atoms with Crippen LogP contribution in [0.3, 0.4) is 0 Å². The Kier molecular flexibility index (Phi) is 9.10. The van der Waals surface area contributed by atoms with E-state index in [-0.39, 0.29) is 29.3 Å². The minimum absolute atomic E-state index is 0.0465. The van der Waals surface area contributed by atoms with Crippen molar-refractivity contribution in [2.45, 2.75) is 57.8 Å². The third kappa shape index (κ3) is 6.80. The molecule has 0 aliphatic rings. The molecule has 5 nitrogen and oxygen atoms in total. The van der Waals surface area contributed by atoms with Gasteiger partial charge in [-0.3, -0.25) is 4.90 Å². The van der Waals surface area contributed by atoms with Crippen molar-refractivity contribution in [2.75, 3.05) is 17.1 Å². The van der Waals surface area contributed by atoms with E-state index in [4.69, 9.17) is 4.74 Å². The number of nitrogens with one attached hydrogen (secondary N) is 2. The first kappa shape index (κ1) is 26.2. The normalized spacial score (nSPS) is 11.5. The van der Waals surface area contributed by atoms with E-state index >= 15 is 0 Å². The van der Waals surface area contributed by atoms with Crippen LogP contribution < -0.4 is 14.8 Å². The predicted octanol–water partition coefficient (Wildman–Crippen LogP) is 6.92. The molecular formula is C24H29F3N4OS2. The van der Waals surface area contributed by atoms with Gasteiger partial charge in [0.05, 0.1) is 11.6 Å². The number of thiazole rings is 1. The first-order valence-electron chi connectivity index (χ1n) is 10.9. The summed E-state index contributed by atoms with van der Waals surface area (Å²) in [6, 6.07) is 5.62. The van der Waals surface area contributed by atoms with Crippen LogP contribution in [-0.2, 0) is 13.1 Å². The number of rotatable bonds is 11. The molecule has 3 aromatic rings. The fraction of sp³-hybridized carbons (Fsp3) is 0.375. The molecule has 0 fully saturated rings. The monoisotopic (exact) mass is 510 g/mol. The lowest BCUT2D eigenvalue weighted by molar-refractivity contribution is 0.225. The van der Waals surface area contributed by atoms with Crippen molar-refractivity contribution in [1.29, 1.82) is 0 Å². The minimum atomic E-state index is -0.729. The van der Waals surface area contributed by atoms with E-state index in [1.165, 1.54) is 29.5 Å². The SMILES string of the molecule is CC(C)Oc1ccc(F)c(CNc2cc(F)c(SNc3cscn3)c(F)c2)c1CN(C)C(C)C. The number of nitrogens with zero attached hydrogens (tertiary/aromatic N) is 2. The van der Waals surface area contributed by atoms with Crippen LogP contribution in [0.1, 0.15) is 38.8 Å². The quantitative estimate of drug-likeness (QED) is 0.273. The lowest BCUT2D eigenvalue weighted by Gasteiger charge is -2.25. The summed E-state index contributed by atoms with van der Waals surface area (Å²) < 4.78 is 52.9. The number of hydrogen-bond donors (Lipinski definition) is 2. The smallest absolute Gasteiger partial charge is 0.147 e. The summed E-state index contributed by atoms with van der Waals surface area (Å²) in [5, 5.41) is 4.70. The molecule has 0 aliphatic heterocycles. The molecule has 0 saturated heterocycles. The van der Waals surface area contributed by atoms with Gasteiger partial charge < -0.3 is 14.8 Å². The van der Waals surface area contributed by atoms with Gasteiger partial charge in [0.1, 0.15) is 33.9 Å². The number of aromatic nitrogens is 1. The molecule has 0 saturated carbocycles. The molecule has 0 atom stereocenters.